The van der Waals surface area contributed by atoms with E-state index in [-0.39, 0.29) is 5.69 Å². The topological polar surface area (TPSA) is 58.2 Å². The Balaban J connectivity index is 2.14. The average molecular weight is 308 g/mol. The molecule has 0 aliphatic heterocycles. The van der Waals surface area contributed by atoms with Gasteiger partial charge in [0.05, 0.1) is 11.9 Å². The summed E-state index contributed by atoms with van der Waals surface area (Å²) in [5.41, 5.74) is 2.86. The summed E-state index contributed by atoms with van der Waals surface area (Å²) in [4.78, 5) is 0. The first-order valence-corrected chi connectivity index (χ1v) is 8.30. The lowest BCUT2D eigenvalue weighted by molar-refractivity contribution is 0.604. The van der Waals surface area contributed by atoms with Gasteiger partial charge >= 0.3 is 0 Å². The van der Waals surface area contributed by atoms with Crippen LogP contribution in [0.4, 0.5) is 15.8 Å². The maximum Gasteiger partial charge on any atom is 0.229 e. The molecule has 2 rings (SSSR count). The van der Waals surface area contributed by atoms with Gasteiger partial charge in [-0.2, -0.15) is 0 Å². The predicted octanol–water partition coefficient (Wildman–Crippen LogP) is 3.12. The number of rotatable bonds is 5. The molecule has 0 saturated carbocycles. The highest BCUT2D eigenvalue weighted by Crippen LogP contribution is 2.21. The van der Waals surface area contributed by atoms with Crippen LogP contribution in [-0.4, -0.2) is 14.7 Å². The van der Waals surface area contributed by atoms with Crippen LogP contribution < -0.4 is 10.0 Å². The fraction of sp³-hybridized carbons (Fsp3) is 0.200. The van der Waals surface area contributed by atoms with Gasteiger partial charge in [0.2, 0.25) is 10.0 Å². The molecular weight excluding hydrogens is 291 g/mol. The van der Waals surface area contributed by atoms with E-state index in [2.05, 4.69) is 10.0 Å². The molecule has 6 heteroatoms. The third-order valence-electron chi connectivity index (χ3n) is 3.01. The standard InChI is InChI=1S/C15H17FN2O2S/c1-11-5-3-4-6-12(11)10-17-13-7-8-14(16)15(9-13)18-21(2,19)20/h3-9,17-18H,10H2,1-2H3. The molecule has 0 atom stereocenters. The van der Waals surface area contributed by atoms with E-state index >= 15 is 0 Å². The lowest BCUT2D eigenvalue weighted by Crippen LogP contribution is -2.11. The van der Waals surface area contributed by atoms with Gasteiger partial charge in [0.1, 0.15) is 5.82 Å². The fourth-order valence-corrected chi connectivity index (χ4v) is 2.47. The van der Waals surface area contributed by atoms with Gasteiger partial charge in [-0.25, -0.2) is 12.8 Å². The molecule has 2 N–H and O–H groups in total. The molecule has 2 aromatic carbocycles. The molecule has 0 heterocycles. The van der Waals surface area contributed by atoms with Crippen LogP contribution in [0.2, 0.25) is 0 Å². The van der Waals surface area contributed by atoms with Crippen molar-refractivity contribution < 1.29 is 12.8 Å². The van der Waals surface area contributed by atoms with Gasteiger partial charge in [-0.05, 0) is 36.2 Å². The molecular formula is C15H17FN2O2S. The molecule has 112 valence electrons. The van der Waals surface area contributed by atoms with Crippen molar-refractivity contribution in [3.05, 3.63) is 59.4 Å². The molecule has 0 spiro atoms. The molecule has 0 amide bonds. The molecule has 0 bridgehead atoms. The fourth-order valence-electron chi connectivity index (χ4n) is 1.92. The van der Waals surface area contributed by atoms with E-state index in [1.807, 2.05) is 31.2 Å². The summed E-state index contributed by atoms with van der Waals surface area (Å²) in [6.07, 6.45) is 0.986. The number of nitrogens with one attached hydrogen (secondary N) is 2. The highest BCUT2D eigenvalue weighted by atomic mass is 32.2. The first-order valence-electron chi connectivity index (χ1n) is 6.41. The van der Waals surface area contributed by atoms with Crippen LogP contribution in [0.25, 0.3) is 0 Å². The maximum atomic E-state index is 13.6. The lowest BCUT2D eigenvalue weighted by atomic mass is 10.1. The molecule has 0 aliphatic carbocycles. The summed E-state index contributed by atoms with van der Waals surface area (Å²) in [6, 6.07) is 12.2. The average Bonchev–Trinajstić information content (AvgIpc) is 2.39. The molecule has 21 heavy (non-hydrogen) atoms. The normalized spacial score (nSPS) is 11.2. The van der Waals surface area contributed by atoms with Crippen molar-refractivity contribution in [1.82, 2.24) is 0 Å². The van der Waals surface area contributed by atoms with Gasteiger partial charge in [0.15, 0.2) is 0 Å². The molecule has 4 nitrogen and oxygen atoms in total. The zero-order valence-corrected chi connectivity index (χ0v) is 12.7. The van der Waals surface area contributed by atoms with Gasteiger partial charge in [-0.3, -0.25) is 4.72 Å². The van der Waals surface area contributed by atoms with Crippen molar-refractivity contribution in [1.29, 1.82) is 0 Å². The second-order valence-electron chi connectivity index (χ2n) is 4.85. The van der Waals surface area contributed by atoms with Crippen LogP contribution in [-0.2, 0) is 16.6 Å². The number of hydrogen-bond acceptors (Lipinski definition) is 3. The second kappa shape index (κ2) is 6.13. The Kier molecular flexibility index (Phi) is 4.47. The minimum atomic E-state index is -3.51. The largest absolute Gasteiger partial charge is 0.381 e. The predicted molar refractivity (Wildman–Crippen MR) is 83.4 cm³/mol. The van der Waals surface area contributed by atoms with E-state index in [9.17, 15) is 12.8 Å². The monoisotopic (exact) mass is 308 g/mol. The third-order valence-corrected chi connectivity index (χ3v) is 3.60. The summed E-state index contributed by atoms with van der Waals surface area (Å²) in [6.45, 7) is 2.59. The van der Waals surface area contributed by atoms with E-state index in [4.69, 9.17) is 0 Å². The third kappa shape index (κ3) is 4.46. The zero-order chi connectivity index (χ0) is 15.5. The quantitative estimate of drug-likeness (QED) is 0.892. The van der Waals surface area contributed by atoms with E-state index < -0.39 is 15.8 Å². The minimum absolute atomic E-state index is 0.0627. The molecule has 0 radical (unpaired) electrons. The number of halogens is 1. The van der Waals surface area contributed by atoms with Crippen LogP contribution in [0.3, 0.4) is 0 Å². The van der Waals surface area contributed by atoms with Crippen LogP contribution >= 0.6 is 0 Å². The highest BCUT2D eigenvalue weighted by molar-refractivity contribution is 7.92. The van der Waals surface area contributed by atoms with Crippen LogP contribution in [0.15, 0.2) is 42.5 Å². The van der Waals surface area contributed by atoms with Gasteiger partial charge in [-0.1, -0.05) is 24.3 Å². The molecule has 0 fully saturated rings. The van der Waals surface area contributed by atoms with Crippen LogP contribution in [0.5, 0.6) is 0 Å². The minimum Gasteiger partial charge on any atom is -0.381 e. The number of aryl methyl sites for hydroxylation is 1. The van der Waals surface area contributed by atoms with Crippen molar-refractivity contribution in [2.24, 2.45) is 0 Å². The van der Waals surface area contributed by atoms with E-state index in [0.29, 0.717) is 12.2 Å². The van der Waals surface area contributed by atoms with Gasteiger partial charge in [0.25, 0.3) is 0 Å². The summed E-state index contributed by atoms with van der Waals surface area (Å²) in [5.74, 6) is -0.609. The van der Waals surface area contributed by atoms with Crippen molar-refractivity contribution in [3.63, 3.8) is 0 Å². The van der Waals surface area contributed by atoms with Crippen molar-refractivity contribution in [2.45, 2.75) is 13.5 Å². The molecule has 0 aromatic heterocycles. The summed E-state index contributed by atoms with van der Waals surface area (Å²) in [5, 5.41) is 3.15. The smallest absolute Gasteiger partial charge is 0.229 e. The number of benzene rings is 2. The Bertz CT molecular complexity index is 745. The number of hydrogen-bond donors (Lipinski definition) is 2. The molecule has 0 unspecified atom stereocenters. The second-order valence-corrected chi connectivity index (χ2v) is 6.60. The maximum absolute atomic E-state index is 13.6. The lowest BCUT2D eigenvalue weighted by Gasteiger charge is -2.11. The Morgan fingerprint density at radius 1 is 1.14 bits per heavy atom. The summed E-state index contributed by atoms with van der Waals surface area (Å²) >= 11 is 0. The summed E-state index contributed by atoms with van der Waals surface area (Å²) < 4.78 is 38.1. The SMILES string of the molecule is Cc1ccccc1CNc1ccc(F)c(NS(C)(=O)=O)c1. The van der Waals surface area contributed by atoms with Crippen LogP contribution in [0, 0.1) is 12.7 Å². The van der Waals surface area contributed by atoms with E-state index in [1.165, 1.54) is 12.1 Å². The number of anilines is 2. The first-order chi connectivity index (χ1) is 9.85. The van der Waals surface area contributed by atoms with Crippen molar-refractivity contribution in [3.8, 4) is 0 Å². The van der Waals surface area contributed by atoms with Crippen molar-refractivity contribution >= 4 is 21.4 Å². The van der Waals surface area contributed by atoms with Crippen molar-refractivity contribution in [2.75, 3.05) is 16.3 Å². The molecule has 0 saturated heterocycles. The Morgan fingerprint density at radius 3 is 2.52 bits per heavy atom. The molecule has 2 aromatic rings. The number of sulfonamides is 1. The molecule has 0 aliphatic rings. The first kappa shape index (κ1) is 15.3. The Hall–Kier alpha value is -2.08. The Labute approximate surface area is 124 Å². The highest BCUT2D eigenvalue weighted by Gasteiger charge is 2.08. The van der Waals surface area contributed by atoms with Gasteiger partial charge in [-0.15, -0.1) is 0 Å². The Morgan fingerprint density at radius 2 is 1.86 bits per heavy atom. The van der Waals surface area contributed by atoms with E-state index in [1.54, 1.807) is 6.07 Å². The van der Waals surface area contributed by atoms with E-state index in [0.717, 1.165) is 17.4 Å². The van der Waals surface area contributed by atoms with Crippen LogP contribution in [0.1, 0.15) is 11.1 Å². The zero-order valence-electron chi connectivity index (χ0n) is 11.9. The summed E-state index contributed by atoms with van der Waals surface area (Å²) in [7, 11) is -3.51. The van der Waals surface area contributed by atoms with Gasteiger partial charge < -0.3 is 5.32 Å². The van der Waals surface area contributed by atoms with Gasteiger partial charge in [0, 0.05) is 12.2 Å².